The van der Waals surface area contributed by atoms with Crippen LogP contribution in [0.15, 0.2) is 77.7 Å². The molecule has 34 heavy (non-hydrogen) atoms. The summed E-state index contributed by atoms with van der Waals surface area (Å²) in [5.74, 6) is -0.576. The van der Waals surface area contributed by atoms with E-state index in [4.69, 9.17) is 11.6 Å². The summed E-state index contributed by atoms with van der Waals surface area (Å²) < 4.78 is 29.1. The minimum absolute atomic E-state index is 0.0500. The van der Waals surface area contributed by atoms with Crippen molar-refractivity contribution < 1.29 is 18.0 Å². The van der Waals surface area contributed by atoms with Gasteiger partial charge in [-0.15, -0.1) is 0 Å². The lowest BCUT2D eigenvalue weighted by Gasteiger charge is -2.19. The molecule has 0 saturated heterocycles. The maximum Gasteiger partial charge on any atom is 0.242 e. The number of carbonyl (C=O) groups excluding carboxylic acids is 2. The molecule has 1 aliphatic rings. The van der Waals surface area contributed by atoms with Crippen LogP contribution in [-0.2, 0) is 32.5 Å². The molecule has 0 fully saturated rings. The van der Waals surface area contributed by atoms with E-state index < -0.39 is 22.0 Å². The van der Waals surface area contributed by atoms with Gasteiger partial charge in [-0.25, -0.2) is 8.42 Å². The number of hydrogen-bond acceptors (Lipinski definition) is 4. The van der Waals surface area contributed by atoms with Crippen LogP contribution in [0.4, 0.5) is 11.4 Å². The monoisotopic (exact) mass is 497 g/mol. The molecule has 3 aromatic rings. The first-order chi connectivity index (χ1) is 16.2. The van der Waals surface area contributed by atoms with E-state index in [0.29, 0.717) is 29.4 Å². The number of halogens is 1. The van der Waals surface area contributed by atoms with Gasteiger partial charge in [-0.05, 0) is 66.4 Å². The summed E-state index contributed by atoms with van der Waals surface area (Å²) in [6.45, 7) is 2.00. The predicted octanol–water partition coefficient (Wildman–Crippen LogP) is 3.78. The molecule has 176 valence electrons. The minimum Gasteiger partial charge on any atom is -0.325 e. The molecular formula is C25H24ClN3O4S. The van der Waals surface area contributed by atoms with Gasteiger partial charge in [-0.3, -0.25) is 9.59 Å². The number of anilines is 2. The summed E-state index contributed by atoms with van der Waals surface area (Å²) in [7, 11) is -4.02. The molecule has 2 amide bonds. The molecule has 9 heteroatoms. The summed E-state index contributed by atoms with van der Waals surface area (Å²) in [5, 5.41) is 3.28. The lowest BCUT2D eigenvalue weighted by Crippen LogP contribution is -2.45. The second-order valence-corrected chi connectivity index (χ2v) is 10.2. The van der Waals surface area contributed by atoms with E-state index in [0.717, 1.165) is 11.1 Å². The Morgan fingerprint density at radius 3 is 2.41 bits per heavy atom. The number of nitrogens with one attached hydrogen (secondary N) is 2. The fourth-order valence-corrected chi connectivity index (χ4v) is 5.30. The van der Waals surface area contributed by atoms with Crippen LogP contribution in [0.5, 0.6) is 0 Å². The molecule has 3 aromatic carbocycles. The van der Waals surface area contributed by atoms with E-state index >= 15 is 0 Å². The molecule has 4 rings (SSSR count). The van der Waals surface area contributed by atoms with Crippen LogP contribution in [0.1, 0.15) is 18.1 Å². The summed E-state index contributed by atoms with van der Waals surface area (Å²) >= 11 is 5.91. The summed E-state index contributed by atoms with van der Waals surface area (Å²) in [5.41, 5.74) is 2.82. The van der Waals surface area contributed by atoms with E-state index in [1.807, 2.05) is 30.3 Å². The van der Waals surface area contributed by atoms with Gasteiger partial charge in [0.05, 0.1) is 4.90 Å². The maximum absolute atomic E-state index is 13.3. The third kappa shape index (κ3) is 5.47. The second kappa shape index (κ2) is 9.97. The van der Waals surface area contributed by atoms with Crippen LogP contribution in [0, 0.1) is 0 Å². The molecule has 0 unspecified atom stereocenters. The molecule has 2 N–H and O–H groups in total. The SMILES string of the molecule is CC(=O)N1CCc2cc(S(=O)(=O)N[C@@H](Cc3ccccc3)C(=O)Nc3ccc(Cl)cc3)ccc21. The number of hydrogen-bond donors (Lipinski definition) is 2. The van der Waals surface area contributed by atoms with Crippen LogP contribution in [0.3, 0.4) is 0 Å². The van der Waals surface area contributed by atoms with E-state index in [-0.39, 0.29) is 17.2 Å². The van der Waals surface area contributed by atoms with Crippen molar-refractivity contribution in [3.8, 4) is 0 Å². The van der Waals surface area contributed by atoms with E-state index in [1.54, 1.807) is 41.3 Å². The quantitative estimate of drug-likeness (QED) is 0.519. The Morgan fingerprint density at radius 1 is 1.03 bits per heavy atom. The third-order valence-corrected chi connectivity index (χ3v) is 7.37. The first kappa shape index (κ1) is 23.9. The molecule has 0 spiro atoms. The largest absolute Gasteiger partial charge is 0.325 e. The molecule has 1 aliphatic heterocycles. The first-order valence-corrected chi connectivity index (χ1v) is 12.6. The molecule has 1 atom stereocenters. The Hall–Kier alpha value is -3.20. The van der Waals surface area contributed by atoms with Crippen LogP contribution in [0.2, 0.25) is 5.02 Å². The smallest absolute Gasteiger partial charge is 0.242 e. The van der Waals surface area contributed by atoms with Gasteiger partial charge < -0.3 is 10.2 Å². The molecule has 0 radical (unpaired) electrons. The highest BCUT2D eigenvalue weighted by Crippen LogP contribution is 2.30. The average molecular weight is 498 g/mol. The Kier molecular flexibility index (Phi) is 7.02. The van der Waals surface area contributed by atoms with Crippen LogP contribution >= 0.6 is 11.6 Å². The van der Waals surface area contributed by atoms with Crippen LogP contribution < -0.4 is 14.9 Å². The number of nitrogens with zero attached hydrogens (tertiary/aromatic N) is 1. The highest BCUT2D eigenvalue weighted by Gasteiger charge is 2.29. The molecule has 1 heterocycles. The normalized spacial score (nSPS) is 13.9. The van der Waals surface area contributed by atoms with Gasteiger partial charge in [0.25, 0.3) is 0 Å². The van der Waals surface area contributed by atoms with Gasteiger partial charge in [0.15, 0.2) is 0 Å². The topological polar surface area (TPSA) is 95.6 Å². The number of rotatable bonds is 7. The van der Waals surface area contributed by atoms with E-state index in [9.17, 15) is 18.0 Å². The Labute approximate surface area is 203 Å². The lowest BCUT2D eigenvalue weighted by molar-refractivity contribution is -0.118. The van der Waals surface area contributed by atoms with Crippen molar-refractivity contribution in [1.82, 2.24) is 4.72 Å². The molecule has 7 nitrogen and oxygen atoms in total. The molecular weight excluding hydrogens is 474 g/mol. The van der Waals surface area contributed by atoms with Gasteiger partial charge in [0.2, 0.25) is 21.8 Å². The van der Waals surface area contributed by atoms with Gasteiger partial charge >= 0.3 is 0 Å². The lowest BCUT2D eigenvalue weighted by atomic mass is 10.1. The van der Waals surface area contributed by atoms with Crippen LogP contribution in [0.25, 0.3) is 0 Å². The van der Waals surface area contributed by atoms with Crippen molar-refractivity contribution >= 4 is 44.8 Å². The number of carbonyl (C=O) groups is 2. The first-order valence-electron chi connectivity index (χ1n) is 10.8. The maximum atomic E-state index is 13.3. The zero-order valence-corrected chi connectivity index (χ0v) is 20.1. The predicted molar refractivity (Wildman–Crippen MR) is 133 cm³/mol. The molecule has 0 saturated carbocycles. The standard InChI is InChI=1S/C25H24ClN3O4S/c1-17(30)29-14-13-19-16-22(11-12-24(19)29)34(32,33)28-23(15-18-5-3-2-4-6-18)25(31)27-21-9-7-20(26)8-10-21/h2-12,16,23,28H,13-15H2,1H3,(H,27,31)/t23-/m0/s1. The zero-order valence-electron chi connectivity index (χ0n) is 18.5. The number of fused-ring (bicyclic) bond motifs is 1. The van der Waals surface area contributed by atoms with Crippen LogP contribution in [-0.4, -0.2) is 32.8 Å². The second-order valence-electron chi connectivity index (χ2n) is 8.07. The fraction of sp³-hybridized carbons (Fsp3) is 0.200. The minimum atomic E-state index is -4.02. The Balaban J connectivity index is 1.59. The average Bonchev–Trinajstić information content (AvgIpc) is 3.24. The molecule has 0 aromatic heterocycles. The Bertz CT molecular complexity index is 1310. The van der Waals surface area contributed by atoms with Crippen molar-refractivity contribution in [2.45, 2.75) is 30.7 Å². The Morgan fingerprint density at radius 2 is 1.74 bits per heavy atom. The summed E-state index contributed by atoms with van der Waals surface area (Å²) in [6, 6.07) is 19.4. The van der Waals surface area contributed by atoms with Crippen molar-refractivity contribution in [3.05, 3.63) is 88.9 Å². The number of amides is 2. The number of sulfonamides is 1. The number of benzene rings is 3. The highest BCUT2D eigenvalue weighted by molar-refractivity contribution is 7.89. The van der Waals surface area contributed by atoms with Gasteiger partial charge in [-0.1, -0.05) is 41.9 Å². The van der Waals surface area contributed by atoms with E-state index in [1.165, 1.54) is 13.0 Å². The zero-order chi connectivity index (χ0) is 24.3. The van der Waals surface area contributed by atoms with Crippen molar-refractivity contribution in [2.24, 2.45) is 0 Å². The highest BCUT2D eigenvalue weighted by atomic mass is 35.5. The van der Waals surface area contributed by atoms with Crippen molar-refractivity contribution in [1.29, 1.82) is 0 Å². The van der Waals surface area contributed by atoms with E-state index in [2.05, 4.69) is 10.0 Å². The fourth-order valence-electron chi connectivity index (χ4n) is 3.93. The summed E-state index contributed by atoms with van der Waals surface area (Å²) in [6.07, 6.45) is 0.741. The summed E-state index contributed by atoms with van der Waals surface area (Å²) in [4.78, 5) is 26.6. The van der Waals surface area contributed by atoms with Crippen molar-refractivity contribution in [3.63, 3.8) is 0 Å². The molecule has 0 aliphatic carbocycles. The third-order valence-electron chi connectivity index (χ3n) is 5.65. The molecule has 0 bridgehead atoms. The van der Waals surface area contributed by atoms with Crippen molar-refractivity contribution in [2.75, 3.05) is 16.8 Å². The van der Waals surface area contributed by atoms with Gasteiger partial charge in [0.1, 0.15) is 6.04 Å². The van der Waals surface area contributed by atoms with Gasteiger partial charge in [-0.2, -0.15) is 4.72 Å². The van der Waals surface area contributed by atoms with Gasteiger partial charge in [0, 0.05) is 29.9 Å².